The summed E-state index contributed by atoms with van der Waals surface area (Å²) in [5.74, 6) is -0.756. The normalized spacial score (nSPS) is 10.1. The molecule has 0 atom stereocenters. The van der Waals surface area contributed by atoms with Crippen LogP contribution < -0.4 is 4.90 Å². The first-order valence-corrected chi connectivity index (χ1v) is 7.76. The monoisotopic (exact) mass is 400 g/mol. The second kappa shape index (κ2) is 6.81. The average Bonchev–Trinajstić information content (AvgIpc) is 2.87. The summed E-state index contributed by atoms with van der Waals surface area (Å²) in [5.41, 5.74) is 0.717. The van der Waals surface area contributed by atoms with E-state index < -0.39 is 5.82 Å². The molecule has 6 heteroatoms. The van der Waals surface area contributed by atoms with Crippen molar-refractivity contribution in [2.24, 2.45) is 0 Å². The van der Waals surface area contributed by atoms with Crippen molar-refractivity contribution < 1.29 is 9.18 Å². The number of carbonyl (C=O) groups is 1. The molecule has 0 saturated carbocycles. The molecule has 1 aromatic carbocycles. The van der Waals surface area contributed by atoms with E-state index in [0.717, 1.165) is 2.88 Å². The van der Waals surface area contributed by atoms with E-state index in [9.17, 15) is 9.18 Å². The summed E-state index contributed by atoms with van der Waals surface area (Å²) in [4.78, 5) is 13.8. The second-order valence-electron chi connectivity index (χ2n) is 3.96. The van der Waals surface area contributed by atoms with Crippen LogP contribution in [-0.4, -0.2) is 12.5 Å². The van der Waals surface area contributed by atoms with Crippen LogP contribution in [0.2, 0.25) is 0 Å². The molecular formula is C14H10FIN2OS. The highest BCUT2D eigenvalue weighted by molar-refractivity contribution is 14.1. The molecule has 1 heterocycles. The summed E-state index contributed by atoms with van der Waals surface area (Å²) in [6.45, 7) is 0.169. The second-order valence-corrected chi connectivity index (χ2v) is 6.76. The molecular weight excluding hydrogens is 390 g/mol. The van der Waals surface area contributed by atoms with Gasteiger partial charge in [0.2, 0.25) is 0 Å². The Morgan fingerprint density at radius 2 is 2.20 bits per heavy atom. The van der Waals surface area contributed by atoms with Crippen molar-refractivity contribution in [1.29, 1.82) is 5.26 Å². The number of thiophene rings is 1. The van der Waals surface area contributed by atoms with Crippen LogP contribution in [0.15, 0.2) is 35.7 Å². The molecule has 1 aromatic heterocycles. The van der Waals surface area contributed by atoms with Gasteiger partial charge in [-0.1, -0.05) is 12.1 Å². The lowest BCUT2D eigenvalue weighted by molar-refractivity contribution is 0.0987. The zero-order valence-corrected chi connectivity index (χ0v) is 13.3. The molecule has 1 amide bonds. The SMILES string of the molecule is N#CCCN(C(=O)c1csc(I)c1)c1ccccc1F. The largest absolute Gasteiger partial charge is 0.304 e. The van der Waals surface area contributed by atoms with Crippen molar-refractivity contribution in [3.8, 4) is 6.07 Å². The number of rotatable bonds is 4. The number of amides is 1. The number of hydrogen-bond donors (Lipinski definition) is 0. The van der Waals surface area contributed by atoms with E-state index in [1.807, 2.05) is 6.07 Å². The lowest BCUT2D eigenvalue weighted by Crippen LogP contribution is -2.32. The molecule has 2 aromatic rings. The summed E-state index contributed by atoms with van der Waals surface area (Å²) in [6.07, 6.45) is 0.154. The van der Waals surface area contributed by atoms with Crippen LogP contribution in [-0.2, 0) is 0 Å². The van der Waals surface area contributed by atoms with Crippen molar-refractivity contribution in [2.75, 3.05) is 11.4 Å². The van der Waals surface area contributed by atoms with Crippen LogP contribution in [0.25, 0.3) is 0 Å². The van der Waals surface area contributed by atoms with E-state index in [-0.39, 0.29) is 24.6 Å². The van der Waals surface area contributed by atoms with Gasteiger partial charge in [-0.25, -0.2) is 4.39 Å². The molecule has 0 bridgehead atoms. The van der Waals surface area contributed by atoms with Crippen molar-refractivity contribution in [3.63, 3.8) is 0 Å². The fraction of sp³-hybridized carbons (Fsp3) is 0.143. The minimum absolute atomic E-state index is 0.154. The Balaban J connectivity index is 2.35. The Labute approximate surface area is 133 Å². The number of hydrogen-bond acceptors (Lipinski definition) is 3. The Hall–Kier alpha value is -1.46. The van der Waals surface area contributed by atoms with E-state index in [1.165, 1.54) is 22.3 Å². The molecule has 0 spiro atoms. The highest BCUT2D eigenvalue weighted by Gasteiger charge is 2.21. The molecule has 0 aliphatic rings. The van der Waals surface area contributed by atoms with Gasteiger partial charge in [-0.05, 0) is 40.8 Å². The van der Waals surface area contributed by atoms with Gasteiger partial charge in [0.05, 0.1) is 26.6 Å². The molecule has 0 aliphatic heterocycles. The standard InChI is InChI=1S/C14H10FIN2OS/c15-11-4-1-2-5-12(11)18(7-3-6-17)14(19)10-8-13(16)20-9-10/h1-2,4-5,8-9H,3,7H2. The highest BCUT2D eigenvalue weighted by atomic mass is 127. The summed E-state index contributed by atoms with van der Waals surface area (Å²) < 4.78 is 14.9. The molecule has 0 fully saturated rings. The van der Waals surface area contributed by atoms with Crippen molar-refractivity contribution >= 4 is 45.5 Å². The topological polar surface area (TPSA) is 44.1 Å². The molecule has 0 N–H and O–H groups in total. The molecule has 3 nitrogen and oxygen atoms in total. The summed E-state index contributed by atoms with van der Waals surface area (Å²) in [6, 6.07) is 9.83. The van der Waals surface area contributed by atoms with Gasteiger partial charge >= 0.3 is 0 Å². The van der Waals surface area contributed by atoms with Gasteiger partial charge in [0, 0.05) is 11.9 Å². The van der Waals surface area contributed by atoms with Crippen LogP contribution in [0.1, 0.15) is 16.8 Å². The van der Waals surface area contributed by atoms with Gasteiger partial charge in [0.15, 0.2) is 0 Å². The van der Waals surface area contributed by atoms with E-state index in [2.05, 4.69) is 22.6 Å². The van der Waals surface area contributed by atoms with E-state index in [0.29, 0.717) is 5.56 Å². The molecule has 20 heavy (non-hydrogen) atoms. The third kappa shape index (κ3) is 3.35. The Kier molecular flexibility index (Phi) is 5.09. The van der Waals surface area contributed by atoms with Crippen molar-refractivity contribution in [2.45, 2.75) is 6.42 Å². The quantitative estimate of drug-likeness (QED) is 0.727. The third-order valence-corrected chi connectivity index (χ3v) is 4.44. The first-order chi connectivity index (χ1) is 9.63. The van der Waals surface area contributed by atoms with E-state index in [4.69, 9.17) is 5.26 Å². The first-order valence-electron chi connectivity index (χ1n) is 5.81. The number of anilines is 1. The van der Waals surface area contributed by atoms with Gasteiger partial charge < -0.3 is 4.90 Å². The van der Waals surface area contributed by atoms with Crippen molar-refractivity contribution in [3.05, 3.63) is 50.0 Å². The van der Waals surface area contributed by atoms with Gasteiger partial charge in [-0.15, -0.1) is 11.3 Å². The predicted octanol–water partition coefficient (Wildman–Crippen LogP) is 4.05. The maximum atomic E-state index is 13.9. The van der Waals surface area contributed by atoms with Crippen LogP contribution >= 0.6 is 33.9 Å². The van der Waals surface area contributed by atoms with E-state index in [1.54, 1.807) is 29.6 Å². The minimum Gasteiger partial charge on any atom is -0.304 e. The fourth-order valence-corrected chi connectivity index (χ4v) is 3.06. The summed E-state index contributed by atoms with van der Waals surface area (Å²) >= 11 is 3.58. The first kappa shape index (κ1) is 14.9. The van der Waals surface area contributed by atoms with E-state index >= 15 is 0 Å². The zero-order valence-electron chi connectivity index (χ0n) is 10.3. The molecule has 2 rings (SSSR count). The lowest BCUT2D eigenvalue weighted by Gasteiger charge is -2.21. The van der Waals surface area contributed by atoms with Gasteiger partial charge in [-0.3, -0.25) is 4.79 Å². The lowest BCUT2D eigenvalue weighted by atomic mass is 10.2. The average molecular weight is 400 g/mol. The predicted molar refractivity (Wildman–Crippen MR) is 85.3 cm³/mol. The molecule has 0 unspecified atom stereocenters. The maximum Gasteiger partial charge on any atom is 0.259 e. The maximum absolute atomic E-state index is 13.9. The number of para-hydroxylation sites is 1. The number of benzene rings is 1. The molecule has 0 radical (unpaired) electrons. The number of nitrogens with zero attached hydrogens (tertiary/aromatic N) is 2. The van der Waals surface area contributed by atoms with Gasteiger partial charge in [0.1, 0.15) is 5.82 Å². The van der Waals surface area contributed by atoms with Crippen LogP contribution in [0, 0.1) is 20.0 Å². The smallest absolute Gasteiger partial charge is 0.259 e. The Bertz CT molecular complexity index is 665. The third-order valence-electron chi connectivity index (χ3n) is 2.65. The van der Waals surface area contributed by atoms with Crippen LogP contribution in [0.4, 0.5) is 10.1 Å². The van der Waals surface area contributed by atoms with Crippen LogP contribution in [0.5, 0.6) is 0 Å². The summed E-state index contributed by atoms with van der Waals surface area (Å²) in [5, 5.41) is 10.4. The molecule has 0 saturated heterocycles. The zero-order chi connectivity index (χ0) is 14.5. The molecule has 102 valence electrons. The number of nitriles is 1. The van der Waals surface area contributed by atoms with Crippen LogP contribution in [0.3, 0.4) is 0 Å². The summed E-state index contributed by atoms with van der Waals surface area (Å²) in [7, 11) is 0. The highest BCUT2D eigenvalue weighted by Crippen LogP contribution is 2.24. The van der Waals surface area contributed by atoms with Gasteiger partial charge in [0.25, 0.3) is 5.91 Å². The Morgan fingerprint density at radius 1 is 1.45 bits per heavy atom. The number of halogens is 2. The number of carbonyl (C=O) groups excluding carboxylic acids is 1. The fourth-order valence-electron chi connectivity index (χ4n) is 1.74. The minimum atomic E-state index is -0.469. The molecule has 0 aliphatic carbocycles. The Morgan fingerprint density at radius 3 is 2.80 bits per heavy atom. The van der Waals surface area contributed by atoms with Gasteiger partial charge in [-0.2, -0.15) is 5.26 Å². The van der Waals surface area contributed by atoms with Crippen molar-refractivity contribution in [1.82, 2.24) is 0 Å².